The van der Waals surface area contributed by atoms with Crippen LogP contribution in [0.3, 0.4) is 0 Å². The third-order valence-electron chi connectivity index (χ3n) is 26.3. The number of fused-ring (bicyclic) bond motifs is 5. The first-order chi connectivity index (χ1) is 62.5. The molecule has 0 bridgehead atoms. The Morgan fingerprint density at radius 2 is 0.648 bits per heavy atom. The van der Waals surface area contributed by atoms with Gasteiger partial charge in [-0.3, -0.25) is 0 Å². The molecule has 2 atom stereocenters. The number of amidine groups is 5. The van der Waals surface area contributed by atoms with Crippen molar-refractivity contribution in [3.8, 4) is 0 Å². The number of allylic oxidation sites excluding steroid dienone is 2. The molecule has 10 aromatic heterocycles. The van der Waals surface area contributed by atoms with Crippen LogP contribution in [0, 0.1) is 0 Å². The number of hydrogen-bond acceptors (Lipinski definition) is 15. The number of aromatic nitrogens is 5. The number of nitrogens with zero attached hydrogens (tertiary/aromatic N) is 7. The monoisotopic (exact) mass is 1800 g/mol. The Kier molecular flexibility index (Phi) is 30.3. The summed E-state index contributed by atoms with van der Waals surface area (Å²) in [6, 6.07) is 54.8. The van der Waals surface area contributed by atoms with Gasteiger partial charge in [-0.1, -0.05) is 49.4 Å². The highest BCUT2D eigenvalue weighted by Crippen LogP contribution is 2.44. The molecule has 15 aromatic rings. The SMILES string of the molecule is CCNC1CCC(c2c[nH]c3ccc(N=C(N)c4cccs4)cc23)CC1.CN(C)C1CC=C(c2c[nH]c3ccc(N=C(N)c4cccs4)cc23)CC1.CN(C)C1CCC(c2c[nH]c3ccc(N=C(N)c4cccs4)cc23)CC1.CNC1CC=C(c2c[nH]c3ccc(N=C(N)c4cccs4)cc23)CC1.CNC1CCC(c2c[nH]c3ccc(N=C(N)c4cccs4)cc23)CC1. The van der Waals surface area contributed by atoms with Gasteiger partial charge in [-0.2, -0.15) is 0 Å². The molecule has 5 aromatic carbocycles. The number of hydrogen-bond donors (Lipinski definition) is 13. The van der Waals surface area contributed by atoms with Gasteiger partial charge >= 0.3 is 0 Å². The first kappa shape index (κ1) is 90.3. The highest BCUT2D eigenvalue weighted by Gasteiger charge is 2.29. The van der Waals surface area contributed by atoms with Gasteiger partial charge in [-0.15, -0.1) is 56.7 Å². The molecular formula is C103H122N20S5. The number of benzene rings is 5. The van der Waals surface area contributed by atoms with Crippen LogP contribution in [0.5, 0.6) is 0 Å². The Morgan fingerprint density at radius 1 is 0.344 bits per heavy atom. The molecule has 128 heavy (non-hydrogen) atoms. The summed E-state index contributed by atoms with van der Waals surface area (Å²) in [5.41, 5.74) is 50.9. The smallest absolute Gasteiger partial charge is 0.141 e. The fourth-order valence-electron chi connectivity index (χ4n) is 19.0. The molecule has 3 saturated carbocycles. The van der Waals surface area contributed by atoms with Gasteiger partial charge in [0.25, 0.3) is 0 Å². The maximum Gasteiger partial charge on any atom is 0.141 e. The van der Waals surface area contributed by atoms with Gasteiger partial charge in [0.2, 0.25) is 0 Å². The van der Waals surface area contributed by atoms with E-state index in [9.17, 15) is 0 Å². The Bertz CT molecular complexity index is 6330. The topological polar surface area (TPSA) is 313 Å². The van der Waals surface area contributed by atoms with E-state index in [0.717, 1.165) is 102 Å². The fourth-order valence-corrected chi connectivity index (χ4v) is 22.1. The van der Waals surface area contributed by atoms with E-state index >= 15 is 0 Å². The first-order valence-corrected chi connectivity index (χ1v) is 49.6. The molecule has 20 nitrogen and oxygen atoms in total. The summed E-state index contributed by atoms with van der Waals surface area (Å²) >= 11 is 8.07. The molecule has 0 radical (unpaired) electrons. The van der Waals surface area contributed by atoms with Gasteiger partial charge in [-0.05, 0) is 358 Å². The number of nitrogens with two attached hydrogens (primary N) is 5. The van der Waals surface area contributed by atoms with Gasteiger partial charge in [0.1, 0.15) is 29.2 Å². The molecule has 25 heteroatoms. The molecule has 2 unspecified atom stereocenters. The Balaban J connectivity index is 0.000000117. The van der Waals surface area contributed by atoms with Crippen LogP contribution in [-0.2, 0) is 0 Å². The summed E-state index contributed by atoms with van der Waals surface area (Å²) in [5.74, 6) is 4.79. The lowest BCUT2D eigenvalue weighted by molar-refractivity contribution is 0.217. The van der Waals surface area contributed by atoms with Gasteiger partial charge in [0, 0.05) is 127 Å². The maximum atomic E-state index is 6.16. The third kappa shape index (κ3) is 22.3. The molecule has 3 fully saturated rings. The molecule has 10 heterocycles. The minimum Gasteiger partial charge on any atom is -0.383 e. The van der Waals surface area contributed by atoms with Crippen molar-refractivity contribution in [3.05, 3.63) is 274 Å². The van der Waals surface area contributed by atoms with Crippen LogP contribution in [-0.4, -0.2) is 143 Å². The summed E-state index contributed by atoms with van der Waals surface area (Å²) in [6.07, 6.45) is 37.4. The summed E-state index contributed by atoms with van der Waals surface area (Å²) in [4.78, 5) is 49.9. The van der Waals surface area contributed by atoms with Crippen molar-refractivity contribution in [2.45, 2.75) is 170 Å². The van der Waals surface area contributed by atoms with E-state index in [1.165, 1.54) is 172 Å². The second-order valence-electron chi connectivity index (χ2n) is 34.7. The van der Waals surface area contributed by atoms with Crippen LogP contribution in [0.15, 0.2) is 247 Å². The van der Waals surface area contributed by atoms with Crippen LogP contribution < -0.4 is 44.6 Å². The van der Waals surface area contributed by atoms with E-state index in [2.05, 4.69) is 222 Å². The van der Waals surface area contributed by atoms with E-state index in [1.54, 1.807) is 56.7 Å². The van der Waals surface area contributed by atoms with E-state index in [1.807, 2.05) is 125 Å². The number of H-pyrrole nitrogens is 5. The maximum absolute atomic E-state index is 6.16. The summed E-state index contributed by atoms with van der Waals surface area (Å²) in [5, 5.41) is 26.8. The molecule has 0 amide bonds. The standard InChI is InChI=1S/C21H26N4S.C21H24N4S.C21H26N4S.C20H24N4S.C20H22N4S/c2*1-25(2)16-8-5-14(6-9-16)18-13-23-19-10-7-15(12-17(18)19)24-21(22)20-4-3-11-26-20;1-2-23-15-7-5-14(6-8-15)18-13-24-19-10-9-16(12-17(18)19)25-21(22)20-4-3-11-26-20;2*1-22-14-6-4-13(5-7-14)17-12-23-18-9-8-15(11-16(17)18)24-20(21)19-3-2-10-25-19/h3-4,7,10-14,16,23H,5-6,8-9H2,1-2H3,(H2,22,24);3-5,7,10-13,16,23H,6,8-9H2,1-2H3,(H2,22,24);3-4,9-15,23-24H,2,5-8H2,1H3,(H2,22,25);2-3,8-14,22-23H,4-7H2,1H3,(H2,21,24);2-4,8-12,14,22-23H,5-7H2,1H3,(H2,21,24). The quantitative estimate of drug-likeness (QED) is 0.0238. The van der Waals surface area contributed by atoms with Crippen LogP contribution in [0.2, 0.25) is 0 Å². The Labute approximate surface area is 771 Å². The fraction of sp³-hybridized carbons (Fsp3) is 0.330. The second kappa shape index (κ2) is 42.9. The molecule has 0 aliphatic heterocycles. The molecule has 0 spiro atoms. The van der Waals surface area contributed by atoms with Crippen LogP contribution >= 0.6 is 56.7 Å². The lowest BCUT2D eigenvalue weighted by Gasteiger charge is -2.32. The van der Waals surface area contributed by atoms with Crippen molar-refractivity contribution < 1.29 is 0 Å². The van der Waals surface area contributed by atoms with E-state index < -0.39 is 0 Å². The Morgan fingerprint density at radius 3 is 0.938 bits per heavy atom. The average Bonchev–Trinajstić information content (AvgIpc) is 1.67. The number of rotatable bonds is 21. The Hall–Kier alpha value is -11.1. The largest absolute Gasteiger partial charge is 0.383 e. The molecule has 5 aliphatic rings. The van der Waals surface area contributed by atoms with Crippen molar-refractivity contribution in [1.82, 2.24) is 50.7 Å². The minimum atomic E-state index is 0.570. The lowest BCUT2D eigenvalue weighted by atomic mass is 9.81. The van der Waals surface area contributed by atoms with Crippen LogP contribution in [0.4, 0.5) is 28.4 Å². The van der Waals surface area contributed by atoms with E-state index in [4.69, 9.17) is 28.7 Å². The summed E-state index contributed by atoms with van der Waals surface area (Å²) in [7, 11) is 12.8. The lowest BCUT2D eigenvalue weighted by Crippen LogP contribution is -2.32. The van der Waals surface area contributed by atoms with Crippen molar-refractivity contribution in [3.63, 3.8) is 0 Å². The predicted octanol–water partition coefficient (Wildman–Crippen LogP) is 23.5. The predicted molar refractivity (Wildman–Crippen MR) is 550 cm³/mol. The minimum absolute atomic E-state index is 0.570. The highest BCUT2D eigenvalue weighted by molar-refractivity contribution is 7.13. The average molecular weight is 1800 g/mol. The number of thiophene rings is 5. The highest BCUT2D eigenvalue weighted by atomic mass is 32.1. The van der Waals surface area contributed by atoms with Crippen LogP contribution in [0.25, 0.3) is 65.7 Å². The normalized spacial score (nSPS) is 20.3. The first-order valence-electron chi connectivity index (χ1n) is 45.2. The molecule has 20 rings (SSSR count). The molecular weight excluding hydrogens is 1680 g/mol. The van der Waals surface area contributed by atoms with Crippen LogP contribution in [0.1, 0.15) is 192 Å². The second-order valence-corrected chi connectivity index (χ2v) is 39.4. The molecule has 664 valence electrons. The van der Waals surface area contributed by atoms with Crippen molar-refractivity contribution in [2.75, 3.05) is 48.8 Å². The van der Waals surface area contributed by atoms with Gasteiger partial charge in [0.15, 0.2) is 0 Å². The van der Waals surface area contributed by atoms with Gasteiger partial charge in [-0.25, -0.2) is 25.0 Å². The number of aliphatic imine (C=N–C) groups is 5. The molecule has 18 N–H and O–H groups in total. The van der Waals surface area contributed by atoms with Crippen molar-refractivity contribution in [1.29, 1.82) is 0 Å². The summed E-state index contributed by atoms with van der Waals surface area (Å²) in [6.45, 7) is 3.26. The van der Waals surface area contributed by atoms with Crippen molar-refractivity contribution in [2.24, 2.45) is 53.6 Å². The van der Waals surface area contributed by atoms with Gasteiger partial charge in [0.05, 0.1) is 52.8 Å². The van der Waals surface area contributed by atoms with E-state index in [-0.39, 0.29) is 0 Å². The zero-order valence-electron chi connectivity index (χ0n) is 74.5. The number of aromatic amines is 5. The number of nitrogens with one attached hydrogen (secondary N) is 8. The zero-order chi connectivity index (χ0) is 88.6. The molecule has 0 saturated heterocycles. The summed E-state index contributed by atoms with van der Waals surface area (Å²) < 4.78 is 0. The zero-order valence-corrected chi connectivity index (χ0v) is 78.6. The van der Waals surface area contributed by atoms with Crippen molar-refractivity contribution >= 4 is 180 Å². The van der Waals surface area contributed by atoms with Gasteiger partial charge < -0.3 is 79.3 Å². The molecule has 5 aliphatic carbocycles. The third-order valence-corrected chi connectivity index (χ3v) is 30.7. The van der Waals surface area contributed by atoms with E-state index in [0.29, 0.717) is 71.1 Å².